The number of nitrogens with zero attached hydrogens (tertiary/aromatic N) is 1. The third kappa shape index (κ3) is 5.83. The molecule has 0 spiro atoms. The molecule has 31 heavy (non-hydrogen) atoms. The van der Waals surface area contributed by atoms with Crippen molar-refractivity contribution in [2.24, 2.45) is 0 Å². The minimum atomic E-state index is -0.474. The van der Waals surface area contributed by atoms with E-state index in [2.05, 4.69) is 35.2 Å². The number of carbonyl (C=O) groups excluding carboxylic acids is 1. The molecular formula is C26H33Cl2NO2. The van der Waals surface area contributed by atoms with Crippen molar-refractivity contribution in [2.75, 3.05) is 26.2 Å². The van der Waals surface area contributed by atoms with E-state index in [0.29, 0.717) is 17.5 Å². The molecule has 2 aromatic rings. The summed E-state index contributed by atoms with van der Waals surface area (Å²) < 4.78 is 5.80. The van der Waals surface area contributed by atoms with Crippen LogP contribution < -0.4 is 0 Å². The van der Waals surface area contributed by atoms with Crippen LogP contribution in [-0.4, -0.2) is 37.1 Å². The lowest BCUT2D eigenvalue weighted by Crippen LogP contribution is -2.36. The Labute approximate surface area is 197 Å². The molecule has 3 nitrogen and oxygen atoms in total. The summed E-state index contributed by atoms with van der Waals surface area (Å²) in [6.07, 6.45) is 7.23. The van der Waals surface area contributed by atoms with Crippen molar-refractivity contribution in [3.8, 4) is 0 Å². The Morgan fingerprint density at radius 2 is 1.65 bits per heavy atom. The topological polar surface area (TPSA) is 29.5 Å². The molecule has 4 rings (SSSR count). The van der Waals surface area contributed by atoms with Gasteiger partial charge < -0.3 is 9.64 Å². The minimum absolute atomic E-state index is 0. The highest BCUT2D eigenvalue weighted by atomic mass is 35.5. The molecule has 0 amide bonds. The number of hydrogen-bond acceptors (Lipinski definition) is 3. The van der Waals surface area contributed by atoms with E-state index in [1.54, 1.807) is 0 Å². The van der Waals surface area contributed by atoms with Crippen LogP contribution in [0.1, 0.15) is 62.0 Å². The predicted octanol–water partition coefficient (Wildman–Crippen LogP) is 6.39. The van der Waals surface area contributed by atoms with Gasteiger partial charge in [-0.25, -0.2) is 0 Å². The van der Waals surface area contributed by atoms with Gasteiger partial charge in [0.05, 0.1) is 12.0 Å². The smallest absolute Gasteiger partial charge is 0.316 e. The zero-order valence-electron chi connectivity index (χ0n) is 18.1. The van der Waals surface area contributed by atoms with Gasteiger partial charge >= 0.3 is 5.97 Å². The summed E-state index contributed by atoms with van der Waals surface area (Å²) in [6, 6.07) is 18.6. The quantitative estimate of drug-likeness (QED) is 0.353. The van der Waals surface area contributed by atoms with Crippen LogP contribution in [0.4, 0.5) is 0 Å². The maximum atomic E-state index is 13.0. The van der Waals surface area contributed by atoms with Crippen LogP contribution in [0.2, 0.25) is 5.02 Å². The lowest BCUT2D eigenvalue weighted by molar-refractivity contribution is -0.150. The molecule has 0 N–H and O–H groups in total. The van der Waals surface area contributed by atoms with Crippen molar-refractivity contribution in [3.05, 3.63) is 70.7 Å². The number of ether oxygens (including phenoxy) is 1. The Hall–Kier alpha value is -1.55. The second-order valence-corrected chi connectivity index (χ2v) is 9.25. The van der Waals surface area contributed by atoms with E-state index in [1.165, 1.54) is 18.4 Å². The van der Waals surface area contributed by atoms with Gasteiger partial charge in [-0.2, -0.15) is 0 Å². The monoisotopic (exact) mass is 461 g/mol. The zero-order chi connectivity index (χ0) is 20.8. The van der Waals surface area contributed by atoms with E-state index in [-0.39, 0.29) is 18.4 Å². The molecule has 168 valence electrons. The van der Waals surface area contributed by atoms with Gasteiger partial charge in [0.25, 0.3) is 0 Å². The van der Waals surface area contributed by atoms with Crippen molar-refractivity contribution in [1.82, 2.24) is 4.90 Å². The van der Waals surface area contributed by atoms with Gasteiger partial charge in [-0.15, -0.1) is 12.4 Å². The first-order chi connectivity index (χ1) is 14.7. The summed E-state index contributed by atoms with van der Waals surface area (Å²) in [5, 5.41) is 0.705. The average Bonchev–Trinajstić information content (AvgIpc) is 3.29. The van der Waals surface area contributed by atoms with Crippen molar-refractivity contribution >= 4 is 30.0 Å². The first-order valence-electron chi connectivity index (χ1n) is 11.4. The summed E-state index contributed by atoms with van der Waals surface area (Å²) in [5.41, 5.74) is 2.05. The molecule has 1 aliphatic heterocycles. The molecule has 2 fully saturated rings. The first kappa shape index (κ1) is 24.1. The van der Waals surface area contributed by atoms with Crippen LogP contribution in [0.3, 0.4) is 0 Å². The number of rotatable bonds is 7. The highest BCUT2D eigenvalue weighted by Crippen LogP contribution is 2.42. The molecule has 1 heterocycles. The Kier molecular flexibility index (Phi) is 8.83. The van der Waals surface area contributed by atoms with Crippen LogP contribution in [0, 0.1) is 0 Å². The Balaban J connectivity index is 0.00000272. The van der Waals surface area contributed by atoms with Gasteiger partial charge in [0.15, 0.2) is 0 Å². The van der Waals surface area contributed by atoms with Crippen LogP contribution in [0.15, 0.2) is 54.6 Å². The zero-order valence-corrected chi connectivity index (χ0v) is 19.7. The molecular weight excluding hydrogens is 429 g/mol. The SMILES string of the molecule is Cl.O=C(OCCCN1CCC(c2ccccc2)CC1)C1(c2ccc(Cl)cc2)CCCC1. The molecule has 0 radical (unpaired) electrons. The van der Waals surface area contributed by atoms with Gasteiger partial charge in [-0.3, -0.25) is 4.79 Å². The second kappa shape index (κ2) is 11.4. The lowest BCUT2D eigenvalue weighted by Gasteiger charge is -2.32. The third-order valence-electron chi connectivity index (χ3n) is 6.96. The molecule has 0 bridgehead atoms. The number of esters is 1. The molecule has 2 aliphatic rings. The highest BCUT2D eigenvalue weighted by Gasteiger charge is 2.44. The number of piperidine rings is 1. The van der Waals surface area contributed by atoms with Gasteiger partial charge in [0.2, 0.25) is 0 Å². The molecule has 0 aromatic heterocycles. The number of benzene rings is 2. The van der Waals surface area contributed by atoms with Crippen molar-refractivity contribution < 1.29 is 9.53 Å². The van der Waals surface area contributed by atoms with Gasteiger partial charge in [-0.1, -0.05) is 66.9 Å². The minimum Gasteiger partial charge on any atom is -0.465 e. The molecule has 1 saturated carbocycles. The standard InChI is InChI=1S/C26H32ClNO2.ClH/c27-24-11-9-23(10-12-24)26(15-4-5-16-26)25(29)30-20-6-17-28-18-13-22(14-19-28)21-7-2-1-3-8-21;/h1-3,7-12,22H,4-6,13-20H2;1H. The maximum Gasteiger partial charge on any atom is 0.316 e. The van der Waals surface area contributed by atoms with Crippen LogP contribution >= 0.6 is 24.0 Å². The van der Waals surface area contributed by atoms with E-state index >= 15 is 0 Å². The number of likely N-dealkylation sites (tertiary alicyclic amines) is 1. The Morgan fingerprint density at radius 1 is 1.00 bits per heavy atom. The van der Waals surface area contributed by atoms with Crippen LogP contribution in [0.5, 0.6) is 0 Å². The number of hydrogen-bond donors (Lipinski definition) is 0. The highest BCUT2D eigenvalue weighted by molar-refractivity contribution is 6.30. The van der Waals surface area contributed by atoms with Gasteiger partial charge in [0.1, 0.15) is 0 Å². The Morgan fingerprint density at radius 3 is 2.29 bits per heavy atom. The molecule has 1 saturated heterocycles. The molecule has 1 aliphatic carbocycles. The normalized spacial score (nSPS) is 19.0. The predicted molar refractivity (Wildman–Crippen MR) is 129 cm³/mol. The van der Waals surface area contributed by atoms with Gasteiger partial charge in [-0.05, 0) is 74.4 Å². The summed E-state index contributed by atoms with van der Waals surface area (Å²) >= 11 is 6.04. The maximum absolute atomic E-state index is 13.0. The molecule has 0 atom stereocenters. The first-order valence-corrected chi connectivity index (χ1v) is 11.8. The van der Waals surface area contributed by atoms with Crippen LogP contribution in [-0.2, 0) is 14.9 Å². The molecule has 2 aromatic carbocycles. The molecule has 5 heteroatoms. The van der Waals surface area contributed by atoms with Crippen LogP contribution in [0.25, 0.3) is 0 Å². The van der Waals surface area contributed by atoms with Crippen molar-refractivity contribution in [1.29, 1.82) is 0 Å². The summed E-state index contributed by atoms with van der Waals surface area (Å²) in [7, 11) is 0. The number of carbonyl (C=O) groups is 1. The second-order valence-electron chi connectivity index (χ2n) is 8.81. The van der Waals surface area contributed by atoms with Gasteiger partial charge in [0, 0.05) is 11.6 Å². The summed E-state index contributed by atoms with van der Waals surface area (Å²) in [6.45, 7) is 3.76. The summed E-state index contributed by atoms with van der Waals surface area (Å²) in [5.74, 6) is 0.631. The number of halogens is 2. The fourth-order valence-electron chi connectivity index (χ4n) is 5.16. The summed E-state index contributed by atoms with van der Waals surface area (Å²) in [4.78, 5) is 15.5. The lowest BCUT2D eigenvalue weighted by atomic mass is 9.79. The van der Waals surface area contributed by atoms with E-state index < -0.39 is 5.41 Å². The van der Waals surface area contributed by atoms with Crippen molar-refractivity contribution in [2.45, 2.75) is 56.3 Å². The molecule has 0 unspecified atom stereocenters. The Bertz CT molecular complexity index is 811. The largest absolute Gasteiger partial charge is 0.465 e. The van der Waals surface area contributed by atoms with E-state index in [1.807, 2.05) is 24.3 Å². The fourth-order valence-corrected chi connectivity index (χ4v) is 5.29. The fraction of sp³-hybridized carbons (Fsp3) is 0.500. The van der Waals surface area contributed by atoms with Crippen molar-refractivity contribution in [3.63, 3.8) is 0 Å². The van der Waals surface area contributed by atoms with E-state index in [9.17, 15) is 4.79 Å². The van der Waals surface area contributed by atoms with E-state index in [4.69, 9.17) is 16.3 Å². The third-order valence-corrected chi connectivity index (χ3v) is 7.21. The average molecular weight is 462 g/mol. The van der Waals surface area contributed by atoms with E-state index in [0.717, 1.165) is 57.3 Å².